The third-order valence-corrected chi connectivity index (χ3v) is 8.29. The van der Waals surface area contributed by atoms with Gasteiger partial charge >= 0.3 is 0 Å². The molecule has 1 saturated carbocycles. The molecule has 156 valence electrons. The van der Waals surface area contributed by atoms with Crippen molar-refractivity contribution in [3.05, 3.63) is 30.1 Å². The lowest BCUT2D eigenvalue weighted by Crippen LogP contribution is -2.52. The summed E-state index contributed by atoms with van der Waals surface area (Å²) in [4.78, 5) is 14.6. The van der Waals surface area contributed by atoms with E-state index < -0.39 is 15.8 Å². The number of rotatable bonds is 6. The van der Waals surface area contributed by atoms with Crippen molar-refractivity contribution in [2.45, 2.75) is 49.0 Å². The van der Waals surface area contributed by atoms with Crippen LogP contribution in [0.3, 0.4) is 0 Å². The summed E-state index contributed by atoms with van der Waals surface area (Å²) >= 11 is 0. The normalized spacial score (nSPS) is 21.1. The highest BCUT2D eigenvalue weighted by Crippen LogP contribution is 2.33. The molecule has 0 spiro atoms. The van der Waals surface area contributed by atoms with Crippen LogP contribution in [0.25, 0.3) is 0 Å². The summed E-state index contributed by atoms with van der Waals surface area (Å²) in [6, 6.07) is 5.41. The van der Waals surface area contributed by atoms with Gasteiger partial charge in [0.1, 0.15) is 10.7 Å². The van der Waals surface area contributed by atoms with Crippen molar-refractivity contribution in [1.82, 2.24) is 14.5 Å². The second-order valence-electron chi connectivity index (χ2n) is 8.15. The van der Waals surface area contributed by atoms with Gasteiger partial charge in [-0.15, -0.1) is 0 Å². The maximum atomic E-state index is 13.9. The van der Waals surface area contributed by atoms with Gasteiger partial charge in [-0.25, -0.2) is 12.8 Å². The van der Waals surface area contributed by atoms with Crippen LogP contribution in [-0.2, 0) is 14.8 Å². The molecule has 0 atom stereocenters. The molecule has 0 unspecified atom stereocenters. The average molecular weight is 412 g/mol. The van der Waals surface area contributed by atoms with Crippen LogP contribution in [-0.4, -0.2) is 62.8 Å². The molecule has 1 aliphatic heterocycles. The Morgan fingerprint density at radius 1 is 1.21 bits per heavy atom. The van der Waals surface area contributed by atoms with E-state index in [4.69, 9.17) is 0 Å². The molecule has 1 aromatic rings. The van der Waals surface area contributed by atoms with Crippen LogP contribution in [0, 0.1) is 11.7 Å². The van der Waals surface area contributed by atoms with Crippen LogP contribution < -0.4 is 5.32 Å². The molecule has 2 fully saturated rings. The van der Waals surface area contributed by atoms with Crippen molar-refractivity contribution < 1.29 is 17.6 Å². The summed E-state index contributed by atoms with van der Waals surface area (Å²) in [7, 11) is 0.250. The number of sulfonamides is 1. The molecule has 28 heavy (non-hydrogen) atoms. The van der Waals surface area contributed by atoms with Crippen molar-refractivity contribution in [1.29, 1.82) is 0 Å². The zero-order valence-electron chi connectivity index (χ0n) is 16.7. The van der Waals surface area contributed by atoms with Crippen LogP contribution in [0.4, 0.5) is 4.39 Å². The number of likely N-dealkylation sites (N-methyl/N-ethyl adjacent to an activating group) is 1. The first-order valence-electron chi connectivity index (χ1n) is 9.96. The molecule has 1 saturated heterocycles. The molecule has 0 bridgehead atoms. The SMILES string of the molecule is CN(C)C1(CNC(=O)C2CCN(S(=O)(=O)c3ccccc3F)CC2)CCCC1. The molecule has 1 aliphatic carbocycles. The highest BCUT2D eigenvalue weighted by atomic mass is 32.2. The number of halogens is 1. The largest absolute Gasteiger partial charge is 0.354 e. The second-order valence-corrected chi connectivity index (χ2v) is 10.1. The van der Waals surface area contributed by atoms with Gasteiger partial charge < -0.3 is 10.2 Å². The van der Waals surface area contributed by atoms with Crippen LogP contribution >= 0.6 is 0 Å². The van der Waals surface area contributed by atoms with Gasteiger partial charge in [-0.3, -0.25) is 4.79 Å². The van der Waals surface area contributed by atoms with Gasteiger partial charge in [-0.2, -0.15) is 4.31 Å². The Bertz CT molecular complexity index is 799. The Balaban J connectivity index is 1.56. The van der Waals surface area contributed by atoms with E-state index in [0.29, 0.717) is 19.4 Å². The number of hydrogen-bond donors (Lipinski definition) is 1. The number of carbonyl (C=O) groups excluding carboxylic acids is 1. The lowest BCUT2D eigenvalue weighted by molar-refractivity contribution is -0.126. The van der Waals surface area contributed by atoms with Crippen LogP contribution in [0.5, 0.6) is 0 Å². The quantitative estimate of drug-likeness (QED) is 0.779. The summed E-state index contributed by atoms with van der Waals surface area (Å²) < 4.78 is 40.6. The van der Waals surface area contributed by atoms with E-state index >= 15 is 0 Å². The number of hydrogen-bond acceptors (Lipinski definition) is 4. The minimum atomic E-state index is -3.87. The fourth-order valence-electron chi connectivity index (χ4n) is 4.36. The molecule has 6 nitrogen and oxygen atoms in total. The zero-order chi connectivity index (χ0) is 20.4. The zero-order valence-corrected chi connectivity index (χ0v) is 17.5. The number of amides is 1. The fourth-order valence-corrected chi connectivity index (χ4v) is 5.90. The molecule has 3 rings (SSSR count). The molecule has 1 N–H and O–H groups in total. The van der Waals surface area contributed by atoms with Crippen molar-refractivity contribution >= 4 is 15.9 Å². The Kier molecular flexibility index (Phi) is 6.41. The predicted molar refractivity (Wildman–Crippen MR) is 106 cm³/mol. The lowest BCUT2D eigenvalue weighted by atomic mass is 9.94. The highest BCUT2D eigenvalue weighted by molar-refractivity contribution is 7.89. The van der Waals surface area contributed by atoms with Gasteiger partial charge in [-0.1, -0.05) is 25.0 Å². The first kappa shape index (κ1) is 21.2. The van der Waals surface area contributed by atoms with Crippen molar-refractivity contribution in [3.63, 3.8) is 0 Å². The van der Waals surface area contributed by atoms with E-state index in [9.17, 15) is 17.6 Å². The molecular formula is C20H30FN3O3S. The summed E-state index contributed by atoms with van der Waals surface area (Å²) in [5.74, 6) is -0.948. The van der Waals surface area contributed by atoms with E-state index in [1.165, 1.54) is 35.3 Å². The average Bonchev–Trinajstić information content (AvgIpc) is 3.17. The summed E-state index contributed by atoms with van der Waals surface area (Å²) in [5.41, 5.74) is 0.0323. The Morgan fingerprint density at radius 2 is 1.82 bits per heavy atom. The highest BCUT2D eigenvalue weighted by Gasteiger charge is 2.38. The topological polar surface area (TPSA) is 69.7 Å². The van der Waals surface area contributed by atoms with E-state index in [1.807, 2.05) is 0 Å². The number of nitrogens with zero attached hydrogens (tertiary/aromatic N) is 2. The van der Waals surface area contributed by atoms with Crippen molar-refractivity contribution in [2.24, 2.45) is 5.92 Å². The maximum Gasteiger partial charge on any atom is 0.245 e. The first-order valence-corrected chi connectivity index (χ1v) is 11.4. The minimum absolute atomic E-state index is 0.00364. The number of piperidine rings is 1. The number of carbonyl (C=O) groups is 1. The molecule has 1 heterocycles. The molecule has 8 heteroatoms. The van der Waals surface area contributed by atoms with Gasteiger partial charge in [-0.05, 0) is 51.9 Å². The standard InChI is InChI=1S/C20H30FN3O3S/c1-23(2)20(11-5-6-12-20)15-22-19(25)16-9-13-24(14-10-16)28(26,27)18-8-4-3-7-17(18)21/h3-4,7-8,16H,5-6,9-15H2,1-2H3,(H,22,25). The van der Waals surface area contributed by atoms with E-state index in [-0.39, 0.29) is 35.3 Å². The third-order valence-electron chi connectivity index (χ3n) is 6.35. The van der Waals surface area contributed by atoms with E-state index in [1.54, 1.807) is 0 Å². The van der Waals surface area contributed by atoms with Crippen LogP contribution in [0.1, 0.15) is 38.5 Å². The summed E-state index contributed by atoms with van der Waals surface area (Å²) in [6.45, 7) is 1.09. The van der Waals surface area contributed by atoms with Gasteiger partial charge in [0.15, 0.2) is 0 Å². The molecule has 0 aromatic heterocycles. The monoisotopic (exact) mass is 411 g/mol. The molecule has 1 aromatic carbocycles. The van der Waals surface area contributed by atoms with E-state index in [0.717, 1.165) is 18.9 Å². The summed E-state index contributed by atoms with van der Waals surface area (Å²) in [5, 5.41) is 3.10. The second kappa shape index (κ2) is 8.47. The number of benzene rings is 1. The van der Waals surface area contributed by atoms with Crippen molar-refractivity contribution in [2.75, 3.05) is 33.7 Å². The van der Waals surface area contributed by atoms with Gasteiger partial charge in [0.05, 0.1) is 0 Å². The van der Waals surface area contributed by atoms with Crippen LogP contribution in [0.2, 0.25) is 0 Å². The maximum absolute atomic E-state index is 13.9. The summed E-state index contributed by atoms with van der Waals surface area (Å²) in [6.07, 6.45) is 5.43. The van der Waals surface area contributed by atoms with Gasteiger partial charge in [0.25, 0.3) is 0 Å². The molecule has 0 radical (unpaired) electrons. The molecule has 1 amide bonds. The van der Waals surface area contributed by atoms with Crippen molar-refractivity contribution in [3.8, 4) is 0 Å². The van der Waals surface area contributed by atoms with Gasteiger partial charge in [0.2, 0.25) is 15.9 Å². The molecule has 2 aliphatic rings. The van der Waals surface area contributed by atoms with Crippen LogP contribution in [0.15, 0.2) is 29.2 Å². The third kappa shape index (κ3) is 4.23. The number of nitrogens with one attached hydrogen (secondary N) is 1. The fraction of sp³-hybridized carbons (Fsp3) is 0.650. The smallest absolute Gasteiger partial charge is 0.245 e. The first-order chi connectivity index (χ1) is 13.3. The Hall–Kier alpha value is -1.51. The minimum Gasteiger partial charge on any atom is -0.354 e. The van der Waals surface area contributed by atoms with Gasteiger partial charge in [0, 0.05) is 31.1 Å². The lowest BCUT2D eigenvalue weighted by Gasteiger charge is -2.37. The predicted octanol–water partition coefficient (Wildman–Crippen LogP) is 2.22. The van der Waals surface area contributed by atoms with E-state index in [2.05, 4.69) is 24.3 Å². The Labute approximate surface area is 167 Å². The molecular weight excluding hydrogens is 381 g/mol. The Morgan fingerprint density at radius 3 is 2.39 bits per heavy atom.